The summed E-state index contributed by atoms with van der Waals surface area (Å²) in [6, 6.07) is 4.51. The predicted octanol–water partition coefficient (Wildman–Crippen LogP) is 3.04. The third-order valence-corrected chi connectivity index (χ3v) is 3.66. The summed E-state index contributed by atoms with van der Waals surface area (Å²) in [4.78, 5) is 10.5. The Labute approximate surface area is 112 Å². The van der Waals surface area contributed by atoms with Gasteiger partial charge in [-0.05, 0) is 49.3 Å². The van der Waals surface area contributed by atoms with Crippen LogP contribution in [0.2, 0.25) is 0 Å². The highest BCUT2D eigenvalue weighted by Crippen LogP contribution is 2.33. The van der Waals surface area contributed by atoms with Crippen molar-refractivity contribution in [3.05, 3.63) is 33.9 Å². The standard InChI is InChI=1S/C14H19NO4/c1-10-2-5-12(6-3-10)19-14-8-11(9-16)4-7-13(14)15(17)18/h4,7-8,10,12,16H,2-3,5-6,9H2,1H3. The van der Waals surface area contributed by atoms with Gasteiger partial charge in [-0.2, -0.15) is 0 Å². The summed E-state index contributed by atoms with van der Waals surface area (Å²) in [5.74, 6) is 0.981. The van der Waals surface area contributed by atoms with E-state index in [1.165, 1.54) is 6.07 Å². The number of nitro benzene ring substituents is 1. The molecule has 0 spiro atoms. The summed E-state index contributed by atoms with van der Waals surface area (Å²) in [5, 5.41) is 20.1. The van der Waals surface area contributed by atoms with Crippen molar-refractivity contribution in [2.24, 2.45) is 5.92 Å². The van der Waals surface area contributed by atoms with Gasteiger partial charge in [-0.3, -0.25) is 10.1 Å². The van der Waals surface area contributed by atoms with Crippen LogP contribution in [0.4, 0.5) is 5.69 Å². The Kier molecular flexibility index (Phi) is 4.37. The molecule has 0 unspecified atom stereocenters. The molecule has 1 fully saturated rings. The fourth-order valence-corrected chi connectivity index (χ4v) is 2.43. The number of nitro groups is 1. The van der Waals surface area contributed by atoms with E-state index in [4.69, 9.17) is 9.84 Å². The minimum atomic E-state index is -0.443. The van der Waals surface area contributed by atoms with Crippen LogP contribution in [0.3, 0.4) is 0 Å². The molecule has 0 aliphatic heterocycles. The average Bonchev–Trinajstić information content (AvgIpc) is 2.41. The molecule has 1 aliphatic rings. The maximum absolute atomic E-state index is 11.0. The van der Waals surface area contributed by atoms with Gasteiger partial charge in [-0.15, -0.1) is 0 Å². The summed E-state index contributed by atoms with van der Waals surface area (Å²) in [6.45, 7) is 2.07. The van der Waals surface area contributed by atoms with E-state index in [2.05, 4.69) is 6.92 Å². The first kappa shape index (κ1) is 13.8. The quantitative estimate of drug-likeness (QED) is 0.670. The van der Waals surface area contributed by atoms with Crippen molar-refractivity contribution in [2.75, 3.05) is 0 Å². The zero-order chi connectivity index (χ0) is 13.8. The average molecular weight is 265 g/mol. The minimum absolute atomic E-state index is 0.0316. The number of rotatable bonds is 4. The van der Waals surface area contributed by atoms with Crippen molar-refractivity contribution < 1.29 is 14.8 Å². The van der Waals surface area contributed by atoms with Crippen molar-refractivity contribution in [2.45, 2.75) is 45.3 Å². The van der Waals surface area contributed by atoms with Gasteiger partial charge in [0.1, 0.15) is 0 Å². The third kappa shape index (κ3) is 3.44. The monoisotopic (exact) mass is 265 g/mol. The Morgan fingerprint density at radius 2 is 2.05 bits per heavy atom. The molecule has 0 saturated heterocycles. The lowest BCUT2D eigenvalue weighted by Gasteiger charge is -2.26. The van der Waals surface area contributed by atoms with Gasteiger partial charge in [-0.25, -0.2) is 0 Å². The van der Waals surface area contributed by atoms with E-state index in [9.17, 15) is 10.1 Å². The molecular formula is C14H19NO4. The fourth-order valence-electron chi connectivity index (χ4n) is 2.43. The van der Waals surface area contributed by atoms with E-state index >= 15 is 0 Å². The molecule has 1 saturated carbocycles. The number of aliphatic hydroxyl groups excluding tert-OH is 1. The molecule has 1 aliphatic carbocycles. The van der Waals surface area contributed by atoms with Crippen LogP contribution < -0.4 is 4.74 Å². The lowest BCUT2D eigenvalue weighted by molar-refractivity contribution is -0.386. The first-order chi connectivity index (χ1) is 9.10. The van der Waals surface area contributed by atoms with Crippen LogP contribution in [0.25, 0.3) is 0 Å². The summed E-state index contributed by atoms with van der Waals surface area (Å²) in [6.07, 6.45) is 4.10. The zero-order valence-electron chi connectivity index (χ0n) is 11.0. The molecule has 1 aromatic rings. The number of benzene rings is 1. The summed E-state index contributed by atoms with van der Waals surface area (Å²) in [5.41, 5.74) is 0.598. The normalized spacial score (nSPS) is 23.1. The van der Waals surface area contributed by atoms with Crippen LogP contribution in [-0.4, -0.2) is 16.1 Å². The number of hydrogen-bond donors (Lipinski definition) is 1. The lowest BCUT2D eigenvalue weighted by Crippen LogP contribution is -2.23. The number of aliphatic hydroxyl groups is 1. The molecule has 0 amide bonds. The first-order valence-electron chi connectivity index (χ1n) is 6.65. The van der Waals surface area contributed by atoms with Crippen molar-refractivity contribution in [1.29, 1.82) is 0 Å². The molecule has 5 nitrogen and oxygen atoms in total. The molecule has 19 heavy (non-hydrogen) atoms. The highest BCUT2D eigenvalue weighted by Gasteiger charge is 2.23. The number of ether oxygens (including phenoxy) is 1. The van der Waals surface area contributed by atoms with Crippen LogP contribution >= 0.6 is 0 Å². The van der Waals surface area contributed by atoms with E-state index in [1.807, 2.05) is 0 Å². The van der Waals surface area contributed by atoms with E-state index in [-0.39, 0.29) is 24.1 Å². The fraction of sp³-hybridized carbons (Fsp3) is 0.571. The molecule has 1 aromatic carbocycles. The second kappa shape index (κ2) is 6.02. The Bertz CT molecular complexity index is 453. The molecule has 2 rings (SSSR count). The molecular weight excluding hydrogens is 246 g/mol. The molecule has 5 heteroatoms. The Morgan fingerprint density at radius 3 is 2.63 bits per heavy atom. The van der Waals surface area contributed by atoms with Crippen molar-refractivity contribution in [3.8, 4) is 5.75 Å². The Balaban J connectivity index is 2.15. The van der Waals surface area contributed by atoms with Crippen LogP contribution in [-0.2, 0) is 6.61 Å². The summed E-state index contributed by atoms with van der Waals surface area (Å²) < 4.78 is 5.79. The second-order valence-electron chi connectivity index (χ2n) is 5.22. The molecule has 0 radical (unpaired) electrons. The van der Waals surface area contributed by atoms with Crippen molar-refractivity contribution >= 4 is 5.69 Å². The molecule has 0 aromatic heterocycles. The van der Waals surface area contributed by atoms with Crippen molar-refractivity contribution in [3.63, 3.8) is 0 Å². The van der Waals surface area contributed by atoms with Gasteiger partial charge in [0.2, 0.25) is 0 Å². The molecule has 0 atom stereocenters. The smallest absolute Gasteiger partial charge is 0.310 e. The van der Waals surface area contributed by atoms with Crippen molar-refractivity contribution in [1.82, 2.24) is 0 Å². The highest BCUT2D eigenvalue weighted by molar-refractivity contribution is 5.48. The lowest BCUT2D eigenvalue weighted by atomic mass is 9.89. The van der Waals surface area contributed by atoms with E-state index in [0.717, 1.165) is 25.7 Å². The summed E-state index contributed by atoms with van der Waals surface area (Å²) in [7, 11) is 0. The summed E-state index contributed by atoms with van der Waals surface area (Å²) >= 11 is 0. The maximum Gasteiger partial charge on any atom is 0.310 e. The first-order valence-corrected chi connectivity index (χ1v) is 6.65. The SMILES string of the molecule is CC1CCC(Oc2cc(CO)ccc2[N+](=O)[O-])CC1. The van der Waals surface area contributed by atoms with Gasteiger partial charge in [0.25, 0.3) is 0 Å². The highest BCUT2D eigenvalue weighted by atomic mass is 16.6. The predicted molar refractivity (Wildman–Crippen MR) is 71.1 cm³/mol. The minimum Gasteiger partial charge on any atom is -0.483 e. The van der Waals surface area contributed by atoms with Crippen LogP contribution in [0.1, 0.15) is 38.2 Å². The van der Waals surface area contributed by atoms with Gasteiger partial charge in [0.15, 0.2) is 5.75 Å². The molecule has 1 N–H and O–H groups in total. The van der Waals surface area contributed by atoms with E-state index < -0.39 is 4.92 Å². The zero-order valence-corrected chi connectivity index (χ0v) is 11.0. The number of nitrogens with zero attached hydrogens (tertiary/aromatic N) is 1. The topological polar surface area (TPSA) is 72.6 Å². The van der Waals surface area contributed by atoms with Gasteiger partial charge >= 0.3 is 5.69 Å². The van der Waals surface area contributed by atoms with Gasteiger partial charge in [0, 0.05) is 6.07 Å². The molecule has 104 valence electrons. The largest absolute Gasteiger partial charge is 0.483 e. The third-order valence-electron chi connectivity index (χ3n) is 3.66. The van der Waals surface area contributed by atoms with E-state index in [0.29, 0.717) is 11.5 Å². The Hall–Kier alpha value is -1.62. The molecule has 0 heterocycles. The van der Waals surface area contributed by atoms with Crippen LogP contribution in [0.5, 0.6) is 5.75 Å². The van der Waals surface area contributed by atoms with Crippen LogP contribution in [0, 0.1) is 16.0 Å². The number of hydrogen-bond acceptors (Lipinski definition) is 4. The van der Waals surface area contributed by atoms with Gasteiger partial charge in [0.05, 0.1) is 17.6 Å². The van der Waals surface area contributed by atoms with Crippen LogP contribution in [0.15, 0.2) is 18.2 Å². The molecule has 0 bridgehead atoms. The maximum atomic E-state index is 11.0. The Morgan fingerprint density at radius 1 is 1.37 bits per heavy atom. The second-order valence-corrected chi connectivity index (χ2v) is 5.22. The van der Waals surface area contributed by atoms with Gasteiger partial charge < -0.3 is 9.84 Å². The van der Waals surface area contributed by atoms with Gasteiger partial charge in [-0.1, -0.05) is 6.92 Å². The van der Waals surface area contributed by atoms with E-state index in [1.54, 1.807) is 12.1 Å².